The fourth-order valence-electron chi connectivity index (χ4n) is 1.45. The van der Waals surface area contributed by atoms with Crippen LogP contribution >= 0.6 is 11.6 Å². The molecule has 0 fully saturated rings. The molecule has 0 heterocycles. The van der Waals surface area contributed by atoms with Gasteiger partial charge in [0.05, 0.1) is 0 Å². The highest BCUT2D eigenvalue weighted by Gasteiger charge is 2.11. The number of rotatable bonds is 4. The van der Waals surface area contributed by atoms with Gasteiger partial charge in [0.1, 0.15) is 5.82 Å². The topological polar surface area (TPSA) is 41.1 Å². The summed E-state index contributed by atoms with van der Waals surface area (Å²) < 4.78 is 13.4. The van der Waals surface area contributed by atoms with Crippen molar-refractivity contribution >= 4 is 17.6 Å². The average molecular weight is 287 g/mol. The highest BCUT2D eigenvalue weighted by atomic mass is 35.5. The zero-order chi connectivity index (χ0) is 14.5. The van der Waals surface area contributed by atoms with Gasteiger partial charge in [0, 0.05) is 18.1 Å². The van der Waals surface area contributed by atoms with Crippen LogP contribution in [0, 0.1) is 11.2 Å². The third-order valence-corrected chi connectivity index (χ3v) is 2.70. The Kier molecular flexibility index (Phi) is 5.60. The lowest BCUT2D eigenvalue weighted by atomic mass is 9.97. The van der Waals surface area contributed by atoms with Gasteiger partial charge in [-0.2, -0.15) is 0 Å². The number of halogens is 2. The van der Waals surface area contributed by atoms with Gasteiger partial charge in [0.15, 0.2) is 0 Å². The summed E-state index contributed by atoms with van der Waals surface area (Å²) in [5.74, 6) is -0.304. The molecule has 1 aromatic carbocycles. The predicted molar refractivity (Wildman–Crippen MR) is 76.0 cm³/mol. The molecular formula is C14H20ClFN2O. The summed E-state index contributed by atoms with van der Waals surface area (Å²) >= 11 is 5.79. The van der Waals surface area contributed by atoms with Crippen LogP contribution in [0.4, 0.5) is 9.18 Å². The fourth-order valence-corrected chi connectivity index (χ4v) is 1.65. The minimum Gasteiger partial charge on any atom is -0.338 e. The van der Waals surface area contributed by atoms with Crippen molar-refractivity contribution in [2.45, 2.75) is 27.2 Å². The number of nitrogens with one attached hydrogen (secondary N) is 2. The fraction of sp³-hybridized carbons (Fsp3) is 0.500. The van der Waals surface area contributed by atoms with E-state index in [-0.39, 0.29) is 17.3 Å². The van der Waals surface area contributed by atoms with Crippen LogP contribution in [0.1, 0.15) is 26.3 Å². The number of carbonyl (C=O) groups excluding carboxylic acids is 1. The zero-order valence-corrected chi connectivity index (χ0v) is 12.3. The summed E-state index contributed by atoms with van der Waals surface area (Å²) in [4.78, 5) is 11.5. The first-order valence-corrected chi connectivity index (χ1v) is 6.61. The molecule has 0 aliphatic rings. The number of hydrogen-bond donors (Lipinski definition) is 2. The standard InChI is InChI=1S/C14H20ClFN2O/c1-14(2,3)9-18-13(19)17-7-6-10-8-11(15)4-5-12(10)16/h4-5,8H,6-7,9H2,1-3H3,(H2,17,18,19). The molecule has 0 atom stereocenters. The lowest BCUT2D eigenvalue weighted by Gasteiger charge is -2.18. The molecule has 0 saturated carbocycles. The van der Waals surface area contributed by atoms with Crippen LogP contribution in [-0.4, -0.2) is 19.1 Å². The van der Waals surface area contributed by atoms with Gasteiger partial charge in [-0.05, 0) is 35.6 Å². The lowest BCUT2D eigenvalue weighted by molar-refractivity contribution is 0.235. The van der Waals surface area contributed by atoms with Crippen molar-refractivity contribution < 1.29 is 9.18 Å². The molecule has 3 nitrogen and oxygen atoms in total. The Hall–Kier alpha value is -1.29. The Morgan fingerprint density at radius 3 is 2.63 bits per heavy atom. The largest absolute Gasteiger partial charge is 0.338 e. The molecule has 0 aliphatic heterocycles. The molecule has 0 aliphatic carbocycles. The molecule has 0 bridgehead atoms. The molecule has 1 aromatic rings. The normalized spacial score (nSPS) is 11.2. The van der Waals surface area contributed by atoms with Crippen molar-refractivity contribution in [2.24, 2.45) is 5.41 Å². The SMILES string of the molecule is CC(C)(C)CNC(=O)NCCc1cc(Cl)ccc1F. The van der Waals surface area contributed by atoms with E-state index >= 15 is 0 Å². The predicted octanol–water partition coefficient (Wildman–Crippen LogP) is 3.37. The summed E-state index contributed by atoms with van der Waals surface area (Å²) in [7, 11) is 0. The number of benzene rings is 1. The third-order valence-electron chi connectivity index (χ3n) is 2.47. The Balaban J connectivity index is 2.34. The highest BCUT2D eigenvalue weighted by Crippen LogP contribution is 2.15. The Bertz CT molecular complexity index is 444. The Labute approximate surface area is 118 Å². The van der Waals surface area contributed by atoms with Gasteiger partial charge in [-0.1, -0.05) is 32.4 Å². The van der Waals surface area contributed by atoms with Gasteiger partial charge < -0.3 is 10.6 Å². The molecular weight excluding hydrogens is 267 g/mol. The monoisotopic (exact) mass is 286 g/mol. The van der Waals surface area contributed by atoms with Crippen molar-refractivity contribution in [3.63, 3.8) is 0 Å². The first-order chi connectivity index (χ1) is 8.78. The van der Waals surface area contributed by atoms with E-state index in [4.69, 9.17) is 11.6 Å². The lowest BCUT2D eigenvalue weighted by Crippen LogP contribution is -2.40. The van der Waals surface area contributed by atoms with Crippen molar-refractivity contribution in [1.29, 1.82) is 0 Å². The van der Waals surface area contributed by atoms with Gasteiger partial charge in [0.2, 0.25) is 0 Å². The summed E-state index contributed by atoms with van der Waals surface area (Å²) in [6.45, 7) is 7.06. The van der Waals surface area contributed by atoms with E-state index in [1.807, 2.05) is 20.8 Å². The first kappa shape index (κ1) is 15.8. The highest BCUT2D eigenvalue weighted by molar-refractivity contribution is 6.30. The second-order valence-corrected chi connectivity index (χ2v) is 6.09. The minimum atomic E-state index is -0.304. The van der Waals surface area contributed by atoms with Gasteiger partial charge in [-0.3, -0.25) is 0 Å². The Morgan fingerprint density at radius 1 is 1.32 bits per heavy atom. The summed E-state index contributed by atoms with van der Waals surface area (Å²) in [5.41, 5.74) is 0.541. The summed E-state index contributed by atoms with van der Waals surface area (Å²) in [6.07, 6.45) is 0.412. The van der Waals surface area contributed by atoms with Crippen molar-refractivity contribution in [2.75, 3.05) is 13.1 Å². The number of urea groups is 1. The van der Waals surface area contributed by atoms with Crippen LogP contribution in [0.15, 0.2) is 18.2 Å². The molecule has 2 amide bonds. The van der Waals surface area contributed by atoms with E-state index in [9.17, 15) is 9.18 Å². The molecule has 19 heavy (non-hydrogen) atoms. The van der Waals surface area contributed by atoms with Crippen LogP contribution in [0.3, 0.4) is 0 Å². The molecule has 0 unspecified atom stereocenters. The van der Waals surface area contributed by atoms with E-state index in [1.54, 1.807) is 6.07 Å². The van der Waals surface area contributed by atoms with Crippen LogP contribution < -0.4 is 10.6 Å². The van der Waals surface area contributed by atoms with E-state index in [0.29, 0.717) is 30.1 Å². The van der Waals surface area contributed by atoms with Crippen molar-refractivity contribution in [3.05, 3.63) is 34.6 Å². The number of hydrogen-bond acceptors (Lipinski definition) is 1. The first-order valence-electron chi connectivity index (χ1n) is 6.23. The van der Waals surface area contributed by atoms with Crippen LogP contribution in [0.25, 0.3) is 0 Å². The van der Waals surface area contributed by atoms with Gasteiger partial charge >= 0.3 is 6.03 Å². The average Bonchev–Trinajstić information content (AvgIpc) is 2.30. The van der Waals surface area contributed by atoms with Gasteiger partial charge in [0.25, 0.3) is 0 Å². The summed E-state index contributed by atoms with van der Waals surface area (Å²) in [5, 5.41) is 5.95. The molecule has 0 saturated heterocycles. The Morgan fingerprint density at radius 2 is 2.00 bits per heavy atom. The second-order valence-electron chi connectivity index (χ2n) is 5.66. The molecule has 5 heteroatoms. The van der Waals surface area contributed by atoms with Crippen LogP contribution in [0.5, 0.6) is 0 Å². The van der Waals surface area contributed by atoms with Gasteiger partial charge in [-0.15, -0.1) is 0 Å². The number of amides is 2. The van der Waals surface area contributed by atoms with Crippen LogP contribution in [0.2, 0.25) is 5.02 Å². The van der Waals surface area contributed by atoms with Crippen molar-refractivity contribution in [1.82, 2.24) is 10.6 Å². The maximum Gasteiger partial charge on any atom is 0.314 e. The van der Waals surface area contributed by atoms with E-state index in [1.165, 1.54) is 12.1 Å². The third kappa shape index (κ3) is 6.43. The molecule has 0 radical (unpaired) electrons. The minimum absolute atomic E-state index is 0.0381. The maximum absolute atomic E-state index is 13.4. The van der Waals surface area contributed by atoms with Gasteiger partial charge in [-0.25, -0.2) is 9.18 Å². The molecule has 1 rings (SSSR count). The quantitative estimate of drug-likeness (QED) is 0.875. The molecule has 2 N–H and O–H groups in total. The maximum atomic E-state index is 13.4. The molecule has 0 spiro atoms. The van der Waals surface area contributed by atoms with E-state index < -0.39 is 0 Å². The summed E-state index contributed by atoms with van der Waals surface area (Å²) in [6, 6.07) is 4.17. The van der Waals surface area contributed by atoms with Crippen LogP contribution in [-0.2, 0) is 6.42 Å². The van der Waals surface area contributed by atoms with Crippen molar-refractivity contribution in [3.8, 4) is 0 Å². The smallest absolute Gasteiger partial charge is 0.314 e. The zero-order valence-electron chi connectivity index (χ0n) is 11.5. The second kappa shape index (κ2) is 6.75. The molecule has 106 valence electrons. The van der Waals surface area contributed by atoms with E-state index in [0.717, 1.165) is 0 Å². The van der Waals surface area contributed by atoms with E-state index in [2.05, 4.69) is 10.6 Å². The number of carbonyl (C=O) groups is 1. The molecule has 0 aromatic heterocycles.